The van der Waals surface area contributed by atoms with Crippen LogP contribution in [0.25, 0.3) is 0 Å². The van der Waals surface area contributed by atoms with Gasteiger partial charge in [0.15, 0.2) is 0 Å². The van der Waals surface area contributed by atoms with E-state index in [1.807, 2.05) is 60.1 Å². The molecule has 2 heterocycles. The van der Waals surface area contributed by atoms with Crippen LogP contribution in [0.5, 0.6) is 5.75 Å². The zero-order valence-electron chi connectivity index (χ0n) is 15.7. The number of rotatable bonds is 4. The van der Waals surface area contributed by atoms with Gasteiger partial charge in [0.25, 0.3) is 0 Å². The molecule has 0 aliphatic carbocycles. The maximum Gasteiger partial charge on any atom is 0.231 e. The fourth-order valence-electron chi connectivity index (χ4n) is 3.72. The quantitative estimate of drug-likeness (QED) is 0.655. The third kappa shape index (κ3) is 3.24. The second-order valence-corrected chi connectivity index (χ2v) is 7.15. The largest absolute Gasteiger partial charge is 0.497 e. The summed E-state index contributed by atoms with van der Waals surface area (Å²) in [5.41, 5.74) is 2.12. The number of benzene rings is 2. The molecule has 144 valence electrons. The molecule has 6 nitrogen and oxygen atoms in total. The summed E-state index contributed by atoms with van der Waals surface area (Å²) in [5, 5.41) is 5.09. The summed E-state index contributed by atoms with van der Waals surface area (Å²) < 4.78 is 7.11. The van der Waals surface area contributed by atoms with Crippen molar-refractivity contribution in [2.75, 3.05) is 12.0 Å². The Morgan fingerprint density at radius 1 is 1.11 bits per heavy atom. The van der Waals surface area contributed by atoms with E-state index in [-0.39, 0.29) is 18.0 Å². The highest BCUT2D eigenvalue weighted by atomic mass is 35.5. The maximum absolute atomic E-state index is 12.8. The molecular formula is C21H21ClN4O2. The van der Waals surface area contributed by atoms with Crippen LogP contribution in [-0.4, -0.2) is 27.8 Å². The number of hydrogen-bond acceptors (Lipinski definition) is 4. The zero-order valence-corrected chi connectivity index (χ0v) is 16.5. The van der Waals surface area contributed by atoms with Crippen molar-refractivity contribution in [3.63, 3.8) is 0 Å². The molecule has 1 aromatic heterocycles. The summed E-state index contributed by atoms with van der Waals surface area (Å²) in [5.74, 6) is 1.39. The van der Waals surface area contributed by atoms with E-state index in [2.05, 4.69) is 10.1 Å². The van der Waals surface area contributed by atoms with Crippen molar-refractivity contribution in [3.05, 3.63) is 71.0 Å². The topological polar surface area (TPSA) is 60.2 Å². The number of halogens is 1. The van der Waals surface area contributed by atoms with E-state index in [0.29, 0.717) is 23.8 Å². The molecular weight excluding hydrogens is 376 g/mol. The number of carbonyl (C=O) groups excluding carboxylic acids is 1. The SMILES string of the molecule is CCC(=O)N1c2ncnn2[C@@H](c2ccc(OC)cc2)C[C@@H]1c1ccc(Cl)cc1. The summed E-state index contributed by atoms with van der Waals surface area (Å²) >= 11 is 6.07. The Balaban J connectivity index is 1.80. The van der Waals surface area contributed by atoms with Gasteiger partial charge < -0.3 is 4.74 Å². The highest BCUT2D eigenvalue weighted by molar-refractivity contribution is 6.30. The Morgan fingerprint density at radius 3 is 2.39 bits per heavy atom. The fourth-order valence-corrected chi connectivity index (χ4v) is 3.85. The number of methoxy groups -OCH3 is 1. The number of fused-ring (bicyclic) bond motifs is 1. The predicted molar refractivity (Wildman–Crippen MR) is 108 cm³/mol. The van der Waals surface area contributed by atoms with Gasteiger partial charge in [0.2, 0.25) is 11.9 Å². The summed E-state index contributed by atoms with van der Waals surface area (Å²) in [6.07, 6.45) is 2.59. The molecule has 1 aliphatic heterocycles. The highest BCUT2D eigenvalue weighted by Gasteiger charge is 2.38. The van der Waals surface area contributed by atoms with Crippen LogP contribution in [-0.2, 0) is 4.79 Å². The fraction of sp³-hybridized carbons (Fsp3) is 0.286. The number of carbonyl (C=O) groups is 1. The van der Waals surface area contributed by atoms with Crippen molar-refractivity contribution < 1.29 is 9.53 Å². The van der Waals surface area contributed by atoms with Crippen molar-refractivity contribution in [1.82, 2.24) is 14.8 Å². The zero-order chi connectivity index (χ0) is 19.7. The van der Waals surface area contributed by atoms with Gasteiger partial charge in [-0.1, -0.05) is 42.8 Å². The Labute approximate surface area is 168 Å². The molecule has 1 amide bonds. The Morgan fingerprint density at radius 2 is 1.75 bits per heavy atom. The van der Waals surface area contributed by atoms with E-state index >= 15 is 0 Å². The Bertz CT molecular complexity index is 969. The summed E-state index contributed by atoms with van der Waals surface area (Å²) in [7, 11) is 1.65. The number of aromatic nitrogens is 3. The first-order valence-corrected chi connectivity index (χ1v) is 9.61. The second-order valence-electron chi connectivity index (χ2n) is 6.71. The van der Waals surface area contributed by atoms with E-state index in [9.17, 15) is 4.79 Å². The first-order chi connectivity index (χ1) is 13.6. The van der Waals surface area contributed by atoms with Crippen LogP contribution in [0.3, 0.4) is 0 Å². The molecule has 0 bridgehead atoms. The Kier molecular flexibility index (Phi) is 5.05. The Hall–Kier alpha value is -2.86. The van der Waals surface area contributed by atoms with Gasteiger partial charge in [-0.3, -0.25) is 9.69 Å². The molecule has 0 unspecified atom stereocenters. The third-order valence-corrected chi connectivity index (χ3v) is 5.40. The molecule has 4 rings (SSSR count). The van der Waals surface area contributed by atoms with Crippen LogP contribution in [0.4, 0.5) is 5.95 Å². The van der Waals surface area contributed by atoms with Crippen LogP contribution < -0.4 is 9.64 Å². The molecule has 2 atom stereocenters. The van der Waals surface area contributed by atoms with Crippen LogP contribution in [0.1, 0.15) is 43.0 Å². The van der Waals surface area contributed by atoms with Gasteiger partial charge in [-0.2, -0.15) is 10.1 Å². The van der Waals surface area contributed by atoms with Crippen LogP contribution in [0.2, 0.25) is 5.02 Å². The lowest BCUT2D eigenvalue weighted by molar-refractivity contribution is -0.119. The molecule has 0 N–H and O–H groups in total. The molecule has 28 heavy (non-hydrogen) atoms. The van der Waals surface area contributed by atoms with Crippen molar-refractivity contribution in [1.29, 1.82) is 0 Å². The average molecular weight is 397 g/mol. The molecule has 0 radical (unpaired) electrons. The maximum atomic E-state index is 12.8. The normalized spacial score (nSPS) is 18.6. The number of ether oxygens (including phenoxy) is 1. The summed E-state index contributed by atoms with van der Waals surface area (Å²) in [4.78, 5) is 19.0. The molecule has 7 heteroatoms. The van der Waals surface area contributed by atoms with Crippen LogP contribution in [0.15, 0.2) is 54.9 Å². The monoisotopic (exact) mass is 396 g/mol. The summed E-state index contributed by atoms with van der Waals surface area (Å²) in [6, 6.07) is 15.4. The standard InChI is InChI=1S/C21H21ClN4O2/c1-3-20(27)25-18(14-4-8-16(22)9-5-14)12-19(26-21(25)23-13-24-26)15-6-10-17(28-2)11-7-15/h4-11,13,18-19H,3,12H2,1-2H3/t18-,19-/m1/s1. The smallest absolute Gasteiger partial charge is 0.231 e. The van der Waals surface area contributed by atoms with Gasteiger partial charge in [-0.05, 0) is 41.8 Å². The third-order valence-electron chi connectivity index (χ3n) is 5.15. The second kappa shape index (κ2) is 7.64. The van der Waals surface area contributed by atoms with E-state index in [0.717, 1.165) is 16.9 Å². The minimum atomic E-state index is -0.145. The van der Waals surface area contributed by atoms with Gasteiger partial charge in [0.05, 0.1) is 19.2 Å². The minimum absolute atomic E-state index is 0.0161. The summed E-state index contributed by atoms with van der Waals surface area (Å²) in [6.45, 7) is 1.86. The number of amides is 1. The molecule has 0 saturated carbocycles. The number of hydrogen-bond donors (Lipinski definition) is 0. The molecule has 2 aromatic carbocycles. The molecule has 1 aliphatic rings. The van der Waals surface area contributed by atoms with Crippen molar-refractivity contribution >= 4 is 23.5 Å². The number of nitrogens with zero attached hydrogens (tertiary/aromatic N) is 4. The molecule has 0 saturated heterocycles. The molecule has 3 aromatic rings. The average Bonchev–Trinajstić information content (AvgIpc) is 3.22. The lowest BCUT2D eigenvalue weighted by Crippen LogP contribution is -2.42. The van der Waals surface area contributed by atoms with Crippen LogP contribution in [0, 0.1) is 0 Å². The first-order valence-electron chi connectivity index (χ1n) is 9.23. The van der Waals surface area contributed by atoms with Gasteiger partial charge in [-0.15, -0.1) is 0 Å². The van der Waals surface area contributed by atoms with E-state index in [1.165, 1.54) is 6.33 Å². The van der Waals surface area contributed by atoms with Gasteiger partial charge in [0.1, 0.15) is 12.1 Å². The van der Waals surface area contributed by atoms with Gasteiger partial charge >= 0.3 is 0 Å². The molecule has 0 spiro atoms. The van der Waals surface area contributed by atoms with Gasteiger partial charge in [-0.25, -0.2) is 4.68 Å². The lowest BCUT2D eigenvalue weighted by Gasteiger charge is -2.39. The highest BCUT2D eigenvalue weighted by Crippen LogP contribution is 2.42. The predicted octanol–water partition coefficient (Wildman–Crippen LogP) is 4.42. The first kappa shape index (κ1) is 18.5. The van der Waals surface area contributed by atoms with E-state index in [4.69, 9.17) is 16.3 Å². The number of anilines is 1. The lowest BCUT2D eigenvalue weighted by atomic mass is 9.91. The van der Waals surface area contributed by atoms with E-state index in [1.54, 1.807) is 12.0 Å². The van der Waals surface area contributed by atoms with Crippen LogP contribution >= 0.6 is 11.6 Å². The van der Waals surface area contributed by atoms with Gasteiger partial charge in [0, 0.05) is 11.4 Å². The van der Waals surface area contributed by atoms with E-state index < -0.39 is 0 Å². The van der Waals surface area contributed by atoms with Crippen molar-refractivity contribution in [3.8, 4) is 5.75 Å². The van der Waals surface area contributed by atoms with Crippen molar-refractivity contribution in [2.45, 2.75) is 31.8 Å². The van der Waals surface area contributed by atoms with Crippen molar-refractivity contribution in [2.24, 2.45) is 0 Å². The molecule has 0 fully saturated rings. The minimum Gasteiger partial charge on any atom is -0.497 e.